The van der Waals surface area contributed by atoms with Gasteiger partial charge in [0.2, 0.25) is 5.91 Å². The van der Waals surface area contributed by atoms with Crippen molar-refractivity contribution in [1.82, 2.24) is 20.0 Å². The molecular weight excluding hydrogens is 368 g/mol. The summed E-state index contributed by atoms with van der Waals surface area (Å²) in [5.41, 5.74) is 3.67. The molecule has 0 spiro atoms. The van der Waals surface area contributed by atoms with Crippen LogP contribution in [0.3, 0.4) is 0 Å². The summed E-state index contributed by atoms with van der Waals surface area (Å²) >= 11 is 0. The van der Waals surface area contributed by atoms with E-state index in [9.17, 15) is 9.59 Å². The van der Waals surface area contributed by atoms with Gasteiger partial charge in [0.15, 0.2) is 0 Å². The second-order valence-electron chi connectivity index (χ2n) is 6.83. The monoisotopic (exact) mass is 388 g/mol. The van der Waals surface area contributed by atoms with E-state index in [1.54, 1.807) is 0 Å². The smallest absolute Gasteiger partial charge is 0.299 e. The Morgan fingerprint density at radius 2 is 1.86 bits per heavy atom. The van der Waals surface area contributed by atoms with Gasteiger partial charge in [-0.1, -0.05) is 65.3 Å². The average molecular weight is 388 g/mol. The largest absolute Gasteiger partial charge is 0.352 e. The molecule has 0 radical (unpaired) electrons. The molecule has 0 atom stereocenters. The minimum Gasteiger partial charge on any atom is -0.352 e. The Balaban J connectivity index is 1.46. The summed E-state index contributed by atoms with van der Waals surface area (Å²) in [6, 6.07) is 17.4. The highest BCUT2D eigenvalue weighted by molar-refractivity contribution is 5.87. The lowest BCUT2D eigenvalue weighted by atomic mass is 10.1. The summed E-state index contributed by atoms with van der Waals surface area (Å²) in [4.78, 5) is 29.1. The average Bonchev–Trinajstić information content (AvgIpc) is 3.18. The standard InChI is InChI=1S/C22H20N4O3/c1-15-7-9-17(10-8-15)19-20-21(29-25-19)22(28)26(14-24-20)12-11-18(27)23-13-16-5-3-2-4-6-16/h2-10,14H,11-13H2,1H3,(H,23,27). The van der Waals surface area contributed by atoms with E-state index in [0.717, 1.165) is 16.7 Å². The molecule has 0 saturated carbocycles. The molecule has 0 aliphatic carbocycles. The van der Waals surface area contributed by atoms with Crippen LogP contribution in [-0.2, 0) is 17.9 Å². The SMILES string of the molecule is Cc1ccc(-c2noc3c(=O)n(CCC(=O)NCc4ccccc4)cnc23)cc1. The zero-order valence-electron chi connectivity index (χ0n) is 16.0. The first-order valence-electron chi connectivity index (χ1n) is 9.34. The third-order valence-corrected chi connectivity index (χ3v) is 4.69. The Bertz CT molecular complexity index is 1190. The Kier molecular flexibility index (Phi) is 5.20. The summed E-state index contributed by atoms with van der Waals surface area (Å²) in [7, 11) is 0. The molecule has 4 aromatic rings. The van der Waals surface area contributed by atoms with E-state index in [1.807, 2.05) is 61.5 Å². The molecule has 0 fully saturated rings. The fraction of sp³-hybridized carbons (Fsp3) is 0.182. The van der Waals surface area contributed by atoms with Crippen LogP contribution in [0.25, 0.3) is 22.4 Å². The molecule has 2 heterocycles. The number of carbonyl (C=O) groups excluding carboxylic acids is 1. The maximum atomic E-state index is 12.7. The minimum absolute atomic E-state index is 0.0905. The van der Waals surface area contributed by atoms with Gasteiger partial charge in [-0.2, -0.15) is 0 Å². The van der Waals surface area contributed by atoms with Crippen LogP contribution in [-0.4, -0.2) is 20.6 Å². The molecule has 7 nitrogen and oxygen atoms in total. The highest BCUT2D eigenvalue weighted by atomic mass is 16.5. The number of hydrogen-bond acceptors (Lipinski definition) is 5. The van der Waals surface area contributed by atoms with Crippen LogP contribution in [0, 0.1) is 6.92 Å². The van der Waals surface area contributed by atoms with Gasteiger partial charge in [0.25, 0.3) is 11.1 Å². The summed E-state index contributed by atoms with van der Waals surface area (Å²) in [5, 5.41) is 6.87. The normalized spacial score (nSPS) is 10.9. The van der Waals surface area contributed by atoms with Crippen molar-refractivity contribution in [2.45, 2.75) is 26.4 Å². The predicted molar refractivity (Wildman–Crippen MR) is 109 cm³/mol. The third-order valence-electron chi connectivity index (χ3n) is 4.69. The number of aromatic nitrogens is 3. The molecule has 0 unspecified atom stereocenters. The third kappa shape index (κ3) is 4.08. The summed E-state index contributed by atoms with van der Waals surface area (Å²) in [5.74, 6) is -0.140. The van der Waals surface area contributed by atoms with Crippen LogP contribution in [0.2, 0.25) is 0 Å². The Labute approximate surface area is 167 Å². The maximum Gasteiger partial charge on any atom is 0.299 e. The fourth-order valence-corrected chi connectivity index (χ4v) is 3.02. The van der Waals surface area contributed by atoms with Gasteiger partial charge >= 0.3 is 0 Å². The topological polar surface area (TPSA) is 90.0 Å². The van der Waals surface area contributed by atoms with Crippen LogP contribution < -0.4 is 10.9 Å². The number of rotatable bonds is 6. The van der Waals surface area contributed by atoms with Gasteiger partial charge in [0.05, 0.1) is 6.33 Å². The summed E-state index contributed by atoms with van der Waals surface area (Å²) in [6.07, 6.45) is 1.60. The number of fused-ring (bicyclic) bond motifs is 1. The number of hydrogen-bond donors (Lipinski definition) is 1. The first-order valence-corrected chi connectivity index (χ1v) is 9.34. The van der Waals surface area contributed by atoms with Gasteiger partial charge in [-0.3, -0.25) is 14.2 Å². The van der Waals surface area contributed by atoms with Gasteiger partial charge < -0.3 is 9.84 Å². The molecule has 2 aromatic heterocycles. The van der Waals surface area contributed by atoms with Crippen molar-refractivity contribution in [1.29, 1.82) is 0 Å². The molecule has 146 valence electrons. The lowest BCUT2D eigenvalue weighted by Crippen LogP contribution is -2.27. The molecule has 1 N–H and O–H groups in total. The lowest BCUT2D eigenvalue weighted by molar-refractivity contribution is -0.121. The van der Waals surface area contributed by atoms with Gasteiger partial charge in [-0.25, -0.2) is 4.98 Å². The van der Waals surface area contributed by atoms with Crippen molar-refractivity contribution in [2.24, 2.45) is 0 Å². The van der Waals surface area contributed by atoms with Crippen LogP contribution >= 0.6 is 0 Å². The first kappa shape index (κ1) is 18.6. The van der Waals surface area contributed by atoms with E-state index in [2.05, 4.69) is 15.5 Å². The molecule has 0 bridgehead atoms. The number of nitrogens with zero attached hydrogens (tertiary/aromatic N) is 3. The van der Waals surface area contributed by atoms with Gasteiger partial charge in [-0.15, -0.1) is 0 Å². The van der Waals surface area contributed by atoms with E-state index >= 15 is 0 Å². The summed E-state index contributed by atoms with van der Waals surface area (Å²) < 4.78 is 6.64. The molecule has 29 heavy (non-hydrogen) atoms. The van der Waals surface area contributed by atoms with E-state index < -0.39 is 0 Å². The van der Waals surface area contributed by atoms with Crippen LogP contribution in [0.1, 0.15) is 17.5 Å². The Hall–Kier alpha value is -3.74. The van der Waals surface area contributed by atoms with Crippen molar-refractivity contribution in [3.05, 3.63) is 82.4 Å². The number of nitrogens with one attached hydrogen (secondary N) is 1. The molecule has 0 saturated heterocycles. The van der Waals surface area contributed by atoms with E-state index in [1.165, 1.54) is 10.9 Å². The van der Waals surface area contributed by atoms with Crippen molar-refractivity contribution >= 4 is 17.0 Å². The maximum absolute atomic E-state index is 12.7. The van der Waals surface area contributed by atoms with Crippen molar-refractivity contribution in [3.8, 4) is 11.3 Å². The van der Waals surface area contributed by atoms with Crippen LogP contribution in [0.5, 0.6) is 0 Å². The van der Waals surface area contributed by atoms with Crippen LogP contribution in [0.15, 0.2) is 70.2 Å². The van der Waals surface area contributed by atoms with E-state index in [-0.39, 0.29) is 30.0 Å². The number of amides is 1. The zero-order chi connectivity index (χ0) is 20.2. The predicted octanol–water partition coefficient (Wildman–Crippen LogP) is 3.07. The quantitative estimate of drug-likeness (QED) is 0.548. The molecule has 1 amide bonds. The Morgan fingerprint density at radius 1 is 1.10 bits per heavy atom. The second kappa shape index (κ2) is 8.10. The van der Waals surface area contributed by atoms with Crippen molar-refractivity contribution < 1.29 is 9.32 Å². The zero-order valence-corrected chi connectivity index (χ0v) is 16.0. The minimum atomic E-state index is -0.350. The lowest BCUT2D eigenvalue weighted by Gasteiger charge is -2.07. The number of aryl methyl sites for hydroxylation is 2. The fourth-order valence-electron chi connectivity index (χ4n) is 3.02. The van der Waals surface area contributed by atoms with Gasteiger partial charge in [0.1, 0.15) is 11.2 Å². The molecular formula is C22H20N4O3. The molecule has 4 rings (SSSR count). The highest BCUT2D eigenvalue weighted by Crippen LogP contribution is 2.24. The first-order chi connectivity index (χ1) is 14.1. The highest BCUT2D eigenvalue weighted by Gasteiger charge is 2.16. The van der Waals surface area contributed by atoms with Crippen LogP contribution in [0.4, 0.5) is 0 Å². The molecule has 0 aliphatic heterocycles. The van der Waals surface area contributed by atoms with E-state index in [4.69, 9.17) is 4.52 Å². The summed E-state index contributed by atoms with van der Waals surface area (Å²) in [6.45, 7) is 2.66. The molecule has 2 aromatic carbocycles. The molecule has 7 heteroatoms. The van der Waals surface area contributed by atoms with Gasteiger partial charge in [-0.05, 0) is 12.5 Å². The number of benzene rings is 2. The van der Waals surface area contributed by atoms with Crippen molar-refractivity contribution in [2.75, 3.05) is 0 Å². The Morgan fingerprint density at radius 3 is 2.62 bits per heavy atom. The molecule has 0 aliphatic rings. The van der Waals surface area contributed by atoms with Crippen molar-refractivity contribution in [3.63, 3.8) is 0 Å². The number of carbonyl (C=O) groups is 1. The van der Waals surface area contributed by atoms with Gasteiger partial charge in [0, 0.05) is 25.1 Å². The second-order valence-corrected chi connectivity index (χ2v) is 6.83. The van der Waals surface area contributed by atoms with E-state index in [0.29, 0.717) is 17.8 Å².